The van der Waals surface area contributed by atoms with Crippen LogP contribution in [0.1, 0.15) is 27.0 Å². The molecule has 23 heavy (non-hydrogen) atoms. The molecule has 0 unspecified atom stereocenters. The summed E-state index contributed by atoms with van der Waals surface area (Å²) < 4.78 is 0. The summed E-state index contributed by atoms with van der Waals surface area (Å²) in [5.41, 5.74) is 6.95. The number of aromatic nitrogens is 1. The summed E-state index contributed by atoms with van der Waals surface area (Å²) in [5.74, 6) is 0.0794. The van der Waals surface area contributed by atoms with Gasteiger partial charge in [0.1, 0.15) is 0 Å². The quantitative estimate of drug-likeness (QED) is 0.457. The van der Waals surface area contributed by atoms with E-state index in [0.29, 0.717) is 5.33 Å². The van der Waals surface area contributed by atoms with Gasteiger partial charge in [0.25, 0.3) is 0 Å². The molecule has 1 aromatic heterocycles. The number of hydrogen-bond donors (Lipinski definition) is 0. The molecule has 0 bridgehead atoms. The number of carbonyl (C=O) groups is 1. The molecule has 3 heteroatoms. The number of ketones is 1. The molecule has 0 spiro atoms. The Labute approximate surface area is 144 Å². The lowest BCUT2D eigenvalue weighted by Gasteiger charge is -2.11. The molecule has 0 aliphatic heterocycles. The minimum atomic E-state index is 0.0794. The van der Waals surface area contributed by atoms with Gasteiger partial charge in [-0.15, -0.1) is 0 Å². The normalized spacial score (nSPS) is 11.0. The van der Waals surface area contributed by atoms with Crippen LogP contribution in [0, 0.1) is 20.8 Å². The van der Waals surface area contributed by atoms with Crippen LogP contribution in [-0.4, -0.2) is 16.1 Å². The van der Waals surface area contributed by atoms with Crippen LogP contribution in [0.3, 0.4) is 0 Å². The van der Waals surface area contributed by atoms with E-state index in [4.69, 9.17) is 4.98 Å². The first-order valence-corrected chi connectivity index (χ1v) is 8.70. The second-order valence-electron chi connectivity index (χ2n) is 5.96. The van der Waals surface area contributed by atoms with Crippen LogP contribution < -0.4 is 0 Å². The van der Waals surface area contributed by atoms with Crippen molar-refractivity contribution in [2.75, 3.05) is 5.33 Å². The van der Waals surface area contributed by atoms with E-state index >= 15 is 0 Å². The molecule has 3 rings (SSSR count). The number of aryl methyl sites for hydroxylation is 3. The van der Waals surface area contributed by atoms with Crippen molar-refractivity contribution in [1.29, 1.82) is 0 Å². The average molecular weight is 368 g/mol. The second kappa shape index (κ2) is 6.25. The number of alkyl halides is 1. The Balaban J connectivity index is 2.33. The van der Waals surface area contributed by atoms with E-state index in [9.17, 15) is 4.79 Å². The van der Waals surface area contributed by atoms with Crippen molar-refractivity contribution in [3.8, 4) is 11.3 Å². The smallest absolute Gasteiger partial charge is 0.174 e. The van der Waals surface area contributed by atoms with E-state index in [1.807, 2.05) is 26.0 Å². The minimum absolute atomic E-state index is 0.0794. The van der Waals surface area contributed by atoms with Crippen LogP contribution in [-0.2, 0) is 0 Å². The maximum atomic E-state index is 12.4. The van der Waals surface area contributed by atoms with Crippen LogP contribution in [0.2, 0.25) is 0 Å². The molecule has 0 radical (unpaired) electrons. The number of pyridine rings is 1. The van der Waals surface area contributed by atoms with Gasteiger partial charge in [0.05, 0.1) is 16.5 Å². The fourth-order valence-electron chi connectivity index (χ4n) is 2.86. The third-order valence-corrected chi connectivity index (χ3v) is 4.53. The molecule has 0 aliphatic carbocycles. The molecule has 1 heterocycles. The third kappa shape index (κ3) is 3.06. The first-order chi connectivity index (χ1) is 11.0. The van der Waals surface area contributed by atoms with Crippen LogP contribution >= 0.6 is 15.9 Å². The average Bonchev–Trinajstić information content (AvgIpc) is 2.54. The Hall–Kier alpha value is -2.00. The molecule has 0 N–H and O–H groups in total. The minimum Gasteiger partial charge on any atom is -0.293 e. The number of rotatable bonds is 3. The number of Topliss-reactive ketones (excluding diaryl/α,β-unsaturated/α-hetero) is 1. The molecule has 2 nitrogen and oxygen atoms in total. The zero-order chi connectivity index (χ0) is 16.6. The van der Waals surface area contributed by atoms with Crippen LogP contribution in [0.5, 0.6) is 0 Å². The van der Waals surface area contributed by atoms with Gasteiger partial charge < -0.3 is 0 Å². The Morgan fingerprint density at radius 2 is 1.70 bits per heavy atom. The molecular weight excluding hydrogens is 350 g/mol. The lowest BCUT2D eigenvalue weighted by atomic mass is 9.98. The van der Waals surface area contributed by atoms with Gasteiger partial charge >= 0.3 is 0 Å². The van der Waals surface area contributed by atoms with Gasteiger partial charge in [-0.1, -0.05) is 57.4 Å². The first kappa shape index (κ1) is 15.9. The van der Waals surface area contributed by atoms with Gasteiger partial charge in [0, 0.05) is 16.5 Å². The maximum Gasteiger partial charge on any atom is 0.174 e. The predicted octanol–water partition coefficient (Wildman–Crippen LogP) is 5.40. The summed E-state index contributed by atoms with van der Waals surface area (Å²) in [4.78, 5) is 17.2. The number of halogens is 1. The predicted molar refractivity (Wildman–Crippen MR) is 99.5 cm³/mol. The highest BCUT2D eigenvalue weighted by molar-refractivity contribution is 9.09. The molecule has 116 valence electrons. The first-order valence-electron chi connectivity index (χ1n) is 7.58. The zero-order valence-corrected chi connectivity index (χ0v) is 15.1. The number of nitrogens with zero attached hydrogens (tertiary/aromatic N) is 1. The molecule has 0 atom stereocenters. The van der Waals surface area contributed by atoms with Gasteiger partial charge in [-0.3, -0.25) is 4.79 Å². The van der Waals surface area contributed by atoms with Crippen molar-refractivity contribution < 1.29 is 4.79 Å². The van der Waals surface area contributed by atoms with Crippen LogP contribution in [0.25, 0.3) is 22.2 Å². The van der Waals surface area contributed by atoms with E-state index in [0.717, 1.165) is 38.9 Å². The van der Waals surface area contributed by atoms with E-state index in [1.54, 1.807) is 0 Å². The standard InChI is InChI=1S/C20H18BrNO/c1-12-4-6-15(7-5-12)18-10-16(19(23)11-21)17-9-13(2)8-14(3)20(17)22-18/h4-10H,11H2,1-3H3. The molecule has 0 saturated heterocycles. The van der Waals surface area contributed by atoms with Gasteiger partial charge in [0.15, 0.2) is 5.78 Å². The number of fused-ring (bicyclic) bond motifs is 1. The topological polar surface area (TPSA) is 30.0 Å². The van der Waals surface area contributed by atoms with E-state index in [1.165, 1.54) is 5.56 Å². The number of hydrogen-bond acceptors (Lipinski definition) is 2. The lowest BCUT2D eigenvalue weighted by Crippen LogP contribution is -2.04. The summed E-state index contributed by atoms with van der Waals surface area (Å²) in [7, 11) is 0. The second-order valence-corrected chi connectivity index (χ2v) is 6.52. The largest absolute Gasteiger partial charge is 0.293 e. The fourth-order valence-corrected chi connectivity index (χ4v) is 3.16. The zero-order valence-electron chi connectivity index (χ0n) is 13.5. The van der Waals surface area contributed by atoms with Crippen molar-refractivity contribution >= 4 is 32.6 Å². The van der Waals surface area contributed by atoms with Crippen molar-refractivity contribution in [1.82, 2.24) is 4.98 Å². The van der Waals surface area contributed by atoms with Gasteiger partial charge in [-0.25, -0.2) is 4.98 Å². The highest BCUT2D eigenvalue weighted by Crippen LogP contribution is 2.28. The van der Waals surface area contributed by atoms with Crippen LogP contribution in [0.4, 0.5) is 0 Å². The summed E-state index contributed by atoms with van der Waals surface area (Å²) >= 11 is 3.29. The van der Waals surface area contributed by atoms with E-state index < -0.39 is 0 Å². The Morgan fingerprint density at radius 3 is 2.35 bits per heavy atom. The Bertz CT molecular complexity index is 898. The molecule has 0 amide bonds. The molecular formula is C20H18BrNO. The molecule has 3 aromatic rings. The Kier molecular flexibility index (Phi) is 4.31. The lowest BCUT2D eigenvalue weighted by molar-refractivity contribution is 0.102. The van der Waals surface area contributed by atoms with E-state index in [-0.39, 0.29) is 5.78 Å². The van der Waals surface area contributed by atoms with Crippen molar-refractivity contribution in [3.63, 3.8) is 0 Å². The summed E-state index contributed by atoms with van der Waals surface area (Å²) in [5, 5.41) is 1.25. The molecule has 2 aromatic carbocycles. The SMILES string of the molecule is Cc1ccc(-c2cc(C(=O)CBr)c3cc(C)cc(C)c3n2)cc1. The summed E-state index contributed by atoms with van der Waals surface area (Å²) in [6.07, 6.45) is 0. The third-order valence-electron chi connectivity index (χ3n) is 4.02. The molecule has 0 saturated carbocycles. The maximum absolute atomic E-state index is 12.4. The van der Waals surface area contributed by atoms with Crippen LogP contribution in [0.15, 0.2) is 42.5 Å². The molecule has 0 aliphatic rings. The Morgan fingerprint density at radius 1 is 1.00 bits per heavy atom. The molecule has 0 fully saturated rings. The van der Waals surface area contributed by atoms with Gasteiger partial charge in [0.2, 0.25) is 0 Å². The summed E-state index contributed by atoms with van der Waals surface area (Å²) in [6, 6.07) is 14.3. The van der Waals surface area contributed by atoms with Gasteiger partial charge in [-0.2, -0.15) is 0 Å². The number of carbonyl (C=O) groups excluding carboxylic acids is 1. The van der Waals surface area contributed by atoms with Crippen molar-refractivity contribution in [2.24, 2.45) is 0 Å². The number of benzene rings is 2. The highest BCUT2D eigenvalue weighted by atomic mass is 79.9. The highest BCUT2D eigenvalue weighted by Gasteiger charge is 2.14. The van der Waals surface area contributed by atoms with Crippen molar-refractivity contribution in [2.45, 2.75) is 20.8 Å². The summed E-state index contributed by atoms with van der Waals surface area (Å²) in [6.45, 7) is 6.15. The van der Waals surface area contributed by atoms with E-state index in [2.05, 4.69) is 53.2 Å². The van der Waals surface area contributed by atoms with Gasteiger partial charge in [-0.05, 0) is 38.5 Å². The van der Waals surface area contributed by atoms with Crippen molar-refractivity contribution in [3.05, 3.63) is 64.7 Å². The monoisotopic (exact) mass is 367 g/mol. The fraction of sp³-hybridized carbons (Fsp3) is 0.200.